The Kier molecular flexibility index (Phi) is 6.01. The van der Waals surface area contributed by atoms with Crippen LogP contribution in [0.2, 0.25) is 0 Å². The maximum absolute atomic E-state index is 12.8. The quantitative estimate of drug-likeness (QED) is 0.877. The predicted molar refractivity (Wildman–Crippen MR) is 91.5 cm³/mol. The first-order valence-corrected chi connectivity index (χ1v) is 8.68. The summed E-state index contributed by atoms with van der Waals surface area (Å²) < 4.78 is 0. The number of carbonyl (C=O) groups excluding carboxylic acids is 1. The van der Waals surface area contributed by atoms with Crippen molar-refractivity contribution in [2.24, 2.45) is 17.1 Å². The van der Waals surface area contributed by atoms with Gasteiger partial charge in [-0.1, -0.05) is 44.2 Å². The van der Waals surface area contributed by atoms with Gasteiger partial charge >= 0.3 is 0 Å². The van der Waals surface area contributed by atoms with Crippen LogP contribution >= 0.6 is 0 Å². The summed E-state index contributed by atoms with van der Waals surface area (Å²) in [7, 11) is 0. The largest absolute Gasteiger partial charge is 0.342 e. The van der Waals surface area contributed by atoms with Crippen molar-refractivity contribution in [3.05, 3.63) is 35.9 Å². The van der Waals surface area contributed by atoms with E-state index in [1.807, 2.05) is 0 Å². The topological polar surface area (TPSA) is 46.3 Å². The lowest BCUT2D eigenvalue weighted by Gasteiger charge is -2.39. The Morgan fingerprint density at radius 3 is 2.27 bits per heavy atom. The lowest BCUT2D eigenvalue weighted by molar-refractivity contribution is -0.143. The SMILES string of the molecule is CCC(CC)(CN)C(=O)N1CCC(Cc2ccccc2)CC1. The number of nitrogens with two attached hydrogens (primary N) is 1. The molecule has 0 aromatic heterocycles. The van der Waals surface area contributed by atoms with Crippen LogP contribution in [0.5, 0.6) is 0 Å². The van der Waals surface area contributed by atoms with E-state index in [0.29, 0.717) is 12.5 Å². The summed E-state index contributed by atoms with van der Waals surface area (Å²) in [6, 6.07) is 10.7. The van der Waals surface area contributed by atoms with E-state index in [1.54, 1.807) is 0 Å². The van der Waals surface area contributed by atoms with E-state index in [4.69, 9.17) is 5.73 Å². The van der Waals surface area contributed by atoms with Gasteiger partial charge in [0.15, 0.2) is 0 Å². The number of carbonyl (C=O) groups is 1. The minimum atomic E-state index is -0.341. The van der Waals surface area contributed by atoms with Crippen LogP contribution in [0.15, 0.2) is 30.3 Å². The Morgan fingerprint density at radius 2 is 1.77 bits per heavy atom. The molecule has 22 heavy (non-hydrogen) atoms. The molecule has 0 radical (unpaired) electrons. The van der Waals surface area contributed by atoms with Gasteiger partial charge in [-0.2, -0.15) is 0 Å². The van der Waals surface area contributed by atoms with Crippen LogP contribution in [0.25, 0.3) is 0 Å². The molecular formula is C19H30N2O. The standard InChI is InChI=1S/C19H30N2O/c1-3-19(4-2,15-20)18(22)21-12-10-17(11-13-21)14-16-8-6-5-7-9-16/h5-9,17H,3-4,10-15,20H2,1-2H3. The monoisotopic (exact) mass is 302 g/mol. The van der Waals surface area contributed by atoms with Crippen LogP contribution in [0.4, 0.5) is 0 Å². The summed E-state index contributed by atoms with van der Waals surface area (Å²) in [5.74, 6) is 0.972. The smallest absolute Gasteiger partial charge is 0.230 e. The number of likely N-dealkylation sites (tertiary alicyclic amines) is 1. The van der Waals surface area contributed by atoms with Crippen molar-refractivity contribution in [2.45, 2.75) is 46.0 Å². The van der Waals surface area contributed by atoms with E-state index in [9.17, 15) is 4.79 Å². The Hall–Kier alpha value is -1.35. The summed E-state index contributed by atoms with van der Waals surface area (Å²) in [5, 5.41) is 0. The maximum Gasteiger partial charge on any atom is 0.230 e. The number of rotatable bonds is 6. The predicted octanol–water partition coefficient (Wildman–Crippen LogP) is 3.23. The molecule has 1 aromatic carbocycles. The molecule has 1 fully saturated rings. The van der Waals surface area contributed by atoms with Crippen LogP contribution in [-0.4, -0.2) is 30.4 Å². The Balaban J connectivity index is 1.90. The van der Waals surface area contributed by atoms with Crippen molar-refractivity contribution in [1.82, 2.24) is 4.90 Å². The second-order valence-corrected chi connectivity index (χ2v) is 6.62. The molecule has 0 spiro atoms. The second-order valence-electron chi connectivity index (χ2n) is 6.62. The molecule has 0 bridgehead atoms. The lowest BCUT2D eigenvalue weighted by Crippen LogP contribution is -2.50. The molecule has 2 rings (SSSR count). The molecule has 3 nitrogen and oxygen atoms in total. The highest BCUT2D eigenvalue weighted by Crippen LogP contribution is 2.30. The van der Waals surface area contributed by atoms with Gasteiger partial charge in [0.1, 0.15) is 0 Å². The summed E-state index contributed by atoms with van der Waals surface area (Å²) in [6.45, 7) is 6.39. The van der Waals surface area contributed by atoms with E-state index >= 15 is 0 Å². The van der Waals surface area contributed by atoms with Gasteiger partial charge in [-0.3, -0.25) is 4.79 Å². The van der Waals surface area contributed by atoms with E-state index in [2.05, 4.69) is 49.1 Å². The normalized spacial score (nSPS) is 16.8. The molecule has 0 aliphatic carbocycles. The van der Waals surface area contributed by atoms with Crippen LogP contribution in [0, 0.1) is 11.3 Å². The van der Waals surface area contributed by atoms with E-state index < -0.39 is 0 Å². The van der Waals surface area contributed by atoms with Gasteiger partial charge in [0, 0.05) is 19.6 Å². The van der Waals surface area contributed by atoms with Gasteiger partial charge < -0.3 is 10.6 Å². The van der Waals surface area contributed by atoms with Crippen molar-refractivity contribution in [2.75, 3.05) is 19.6 Å². The third kappa shape index (κ3) is 3.70. The van der Waals surface area contributed by atoms with E-state index in [1.165, 1.54) is 5.56 Å². The summed E-state index contributed by atoms with van der Waals surface area (Å²) >= 11 is 0. The van der Waals surface area contributed by atoms with E-state index in [-0.39, 0.29) is 11.3 Å². The zero-order valence-electron chi connectivity index (χ0n) is 14.1. The van der Waals surface area contributed by atoms with Crippen molar-refractivity contribution in [3.8, 4) is 0 Å². The third-order valence-corrected chi connectivity index (χ3v) is 5.47. The Bertz CT molecular complexity index is 451. The second kappa shape index (κ2) is 7.77. The molecule has 122 valence electrons. The first-order valence-electron chi connectivity index (χ1n) is 8.68. The molecule has 3 heteroatoms. The van der Waals surface area contributed by atoms with Gasteiger partial charge in [0.05, 0.1) is 5.41 Å². The van der Waals surface area contributed by atoms with Crippen molar-refractivity contribution in [1.29, 1.82) is 0 Å². The molecule has 1 aliphatic heterocycles. The number of hydrogen-bond donors (Lipinski definition) is 1. The highest BCUT2D eigenvalue weighted by molar-refractivity contribution is 5.83. The zero-order valence-corrected chi connectivity index (χ0v) is 14.1. The number of piperidine rings is 1. The fraction of sp³-hybridized carbons (Fsp3) is 0.632. The molecular weight excluding hydrogens is 272 g/mol. The van der Waals surface area contributed by atoms with Crippen molar-refractivity contribution >= 4 is 5.91 Å². The molecule has 0 unspecified atom stereocenters. The highest BCUT2D eigenvalue weighted by Gasteiger charge is 2.37. The van der Waals surface area contributed by atoms with Crippen molar-refractivity contribution in [3.63, 3.8) is 0 Å². The number of hydrogen-bond acceptors (Lipinski definition) is 2. The summed E-state index contributed by atoms with van der Waals surface area (Å²) in [5.41, 5.74) is 6.99. The number of amides is 1. The van der Waals surface area contributed by atoms with Gasteiger partial charge in [0.25, 0.3) is 0 Å². The lowest BCUT2D eigenvalue weighted by atomic mass is 9.80. The van der Waals surface area contributed by atoms with Crippen LogP contribution in [0.1, 0.15) is 45.1 Å². The van der Waals surface area contributed by atoms with Crippen LogP contribution in [-0.2, 0) is 11.2 Å². The zero-order chi connectivity index (χ0) is 16.0. The number of nitrogens with zero attached hydrogens (tertiary/aromatic N) is 1. The Labute approximate surface area is 134 Å². The van der Waals surface area contributed by atoms with Gasteiger partial charge in [-0.15, -0.1) is 0 Å². The first-order chi connectivity index (χ1) is 10.6. The average molecular weight is 302 g/mol. The molecule has 1 heterocycles. The minimum Gasteiger partial charge on any atom is -0.342 e. The fourth-order valence-corrected chi connectivity index (χ4v) is 3.55. The average Bonchev–Trinajstić information content (AvgIpc) is 2.58. The third-order valence-electron chi connectivity index (χ3n) is 5.47. The molecule has 1 saturated heterocycles. The molecule has 1 aliphatic rings. The maximum atomic E-state index is 12.8. The minimum absolute atomic E-state index is 0.276. The molecule has 0 atom stereocenters. The first kappa shape index (κ1) is 17.0. The number of benzene rings is 1. The molecule has 2 N–H and O–H groups in total. The van der Waals surface area contributed by atoms with Crippen LogP contribution < -0.4 is 5.73 Å². The summed E-state index contributed by atoms with van der Waals surface area (Å²) in [6.07, 6.45) is 5.02. The van der Waals surface area contributed by atoms with E-state index in [0.717, 1.165) is 45.2 Å². The fourth-order valence-electron chi connectivity index (χ4n) is 3.55. The molecule has 0 saturated carbocycles. The van der Waals surface area contributed by atoms with Crippen molar-refractivity contribution < 1.29 is 4.79 Å². The van der Waals surface area contributed by atoms with Crippen LogP contribution in [0.3, 0.4) is 0 Å². The Morgan fingerprint density at radius 1 is 1.18 bits per heavy atom. The molecule has 1 amide bonds. The van der Waals surface area contributed by atoms with Gasteiger partial charge in [-0.05, 0) is 43.6 Å². The summed E-state index contributed by atoms with van der Waals surface area (Å²) in [4.78, 5) is 14.9. The highest BCUT2D eigenvalue weighted by atomic mass is 16.2. The van der Waals surface area contributed by atoms with Gasteiger partial charge in [0.2, 0.25) is 5.91 Å². The van der Waals surface area contributed by atoms with Gasteiger partial charge in [-0.25, -0.2) is 0 Å². The molecule has 1 aromatic rings.